The maximum absolute atomic E-state index is 13.4. The quantitative estimate of drug-likeness (QED) is 0.479. The Bertz CT molecular complexity index is 1270. The van der Waals surface area contributed by atoms with Crippen LogP contribution in [0.4, 0.5) is 8.78 Å². The number of aromatic nitrogens is 1. The van der Waals surface area contributed by atoms with Gasteiger partial charge in [-0.05, 0) is 98.8 Å². The Morgan fingerprint density at radius 1 is 1.03 bits per heavy atom. The Balaban J connectivity index is 1.29. The number of carbonyl (C=O) groups is 2. The molecule has 6 nitrogen and oxygen atoms in total. The number of carbonyl (C=O) groups excluding carboxylic acids is 1. The normalized spacial score (nSPS) is 22.8. The molecule has 8 heteroatoms. The number of nitrogens with one attached hydrogen (secondary N) is 2. The number of carboxylic acids is 1. The van der Waals surface area contributed by atoms with Gasteiger partial charge in [-0.2, -0.15) is 0 Å². The molecule has 1 unspecified atom stereocenters. The Hall–Kier alpha value is -3.26. The molecular formula is C30H37F2N3O3. The molecule has 2 aliphatic rings. The van der Waals surface area contributed by atoms with E-state index in [0.29, 0.717) is 31.8 Å². The number of nitrogens with zero attached hydrogens (tertiary/aromatic N) is 1. The number of amides is 1. The van der Waals surface area contributed by atoms with Crippen LogP contribution in [0.3, 0.4) is 0 Å². The van der Waals surface area contributed by atoms with Gasteiger partial charge in [0.15, 0.2) is 0 Å². The van der Waals surface area contributed by atoms with Gasteiger partial charge in [-0.15, -0.1) is 0 Å². The van der Waals surface area contributed by atoms with Crippen molar-refractivity contribution >= 4 is 30.1 Å². The molecule has 0 bridgehead atoms. The molecule has 204 valence electrons. The number of H-pyrrole nitrogens is 1. The standard InChI is InChI=1S/C30H37F2N3O3/c1-3-25-26(18-33-27(25)4-2)20-6-8-24(9-7-20)34-29(30(37)38)21-11-13-35(14-12-21)28(36)10-5-19-15-22(31)17-23(32)16-19/h3-5,10,15-18,20-21,24,29,33-34H,6-9,11-14H2,1-2H3,(H,37,38)/b10-5+,25-3-,27-4+/t20-,24-,29?. The molecule has 2 aromatic rings. The van der Waals surface area contributed by atoms with Crippen LogP contribution in [-0.2, 0) is 9.59 Å². The van der Waals surface area contributed by atoms with Crippen molar-refractivity contribution in [3.8, 4) is 0 Å². The summed E-state index contributed by atoms with van der Waals surface area (Å²) in [7, 11) is 0. The van der Waals surface area contributed by atoms with Gasteiger partial charge in [0.1, 0.15) is 17.7 Å². The fourth-order valence-corrected chi connectivity index (χ4v) is 6.00. The lowest BCUT2D eigenvalue weighted by Gasteiger charge is -2.37. The number of aliphatic carboxylic acids is 1. The predicted octanol–water partition coefficient (Wildman–Crippen LogP) is 3.91. The molecule has 1 amide bonds. The van der Waals surface area contributed by atoms with Crippen LogP contribution in [0.25, 0.3) is 18.2 Å². The lowest BCUT2D eigenvalue weighted by Crippen LogP contribution is -2.52. The molecule has 38 heavy (non-hydrogen) atoms. The average molecular weight is 526 g/mol. The SMILES string of the molecule is C/C=c1\c(=C/C)[nH]cc1[C@H]1CC[C@H](NC(C(=O)O)C2CCN(C(=O)/C=C/c3cc(F)cc(F)c3)CC2)CC1. The molecule has 2 heterocycles. The second-order valence-electron chi connectivity index (χ2n) is 10.4. The van der Waals surface area contributed by atoms with Crippen LogP contribution in [0.5, 0.6) is 0 Å². The first-order valence-corrected chi connectivity index (χ1v) is 13.5. The summed E-state index contributed by atoms with van der Waals surface area (Å²) >= 11 is 0. The van der Waals surface area contributed by atoms with Crippen molar-refractivity contribution in [2.45, 2.75) is 70.4 Å². The van der Waals surface area contributed by atoms with Gasteiger partial charge in [0, 0.05) is 42.8 Å². The van der Waals surface area contributed by atoms with E-state index in [4.69, 9.17) is 0 Å². The van der Waals surface area contributed by atoms with Gasteiger partial charge >= 0.3 is 5.97 Å². The molecule has 1 aromatic heterocycles. The van der Waals surface area contributed by atoms with Crippen LogP contribution in [0.15, 0.2) is 30.5 Å². The minimum atomic E-state index is -0.846. The highest BCUT2D eigenvalue weighted by Gasteiger charge is 2.35. The highest BCUT2D eigenvalue weighted by atomic mass is 19.1. The average Bonchev–Trinajstić information content (AvgIpc) is 3.33. The number of benzene rings is 1. The van der Waals surface area contributed by atoms with Gasteiger partial charge in [0.05, 0.1) is 0 Å². The Kier molecular flexibility index (Phi) is 9.15. The lowest BCUT2D eigenvalue weighted by molar-refractivity contribution is -0.142. The van der Waals surface area contributed by atoms with Gasteiger partial charge in [0.2, 0.25) is 5.91 Å². The third-order valence-electron chi connectivity index (χ3n) is 8.04. The summed E-state index contributed by atoms with van der Waals surface area (Å²) in [6.45, 7) is 4.99. The van der Waals surface area contributed by atoms with Gasteiger partial charge in [-0.1, -0.05) is 12.2 Å². The maximum atomic E-state index is 13.4. The van der Waals surface area contributed by atoms with Crippen LogP contribution in [0, 0.1) is 17.6 Å². The van der Waals surface area contributed by atoms with E-state index in [9.17, 15) is 23.5 Å². The molecule has 0 spiro atoms. The molecule has 1 aromatic carbocycles. The molecule has 1 saturated carbocycles. The van der Waals surface area contributed by atoms with Crippen molar-refractivity contribution in [3.05, 3.63) is 63.8 Å². The van der Waals surface area contributed by atoms with Crippen LogP contribution in [0.2, 0.25) is 0 Å². The highest BCUT2D eigenvalue weighted by Crippen LogP contribution is 2.32. The highest BCUT2D eigenvalue weighted by molar-refractivity contribution is 5.91. The number of hydrogen-bond acceptors (Lipinski definition) is 3. The molecule has 4 rings (SSSR count). The van der Waals surface area contributed by atoms with Gasteiger partial charge in [-0.3, -0.25) is 9.59 Å². The number of rotatable bonds is 7. The maximum Gasteiger partial charge on any atom is 0.320 e. The number of hydrogen-bond donors (Lipinski definition) is 3. The monoisotopic (exact) mass is 525 g/mol. The Morgan fingerprint density at radius 3 is 2.26 bits per heavy atom. The fraction of sp³-hybridized carbons (Fsp3) is 0.467. The summed E-state index contributed by atoms with van der Waals surface area (Å²) in [6, 6.07) is 2.62. The summed E-state index contributed by atoms with van der Waals surface area (Å²) in [5, 5.41) is 15.8. The first kappa shape index (κ1) is 27.8. The third kappa shape index (κ3) is 6.59. The topological polar surface area (TPSA) is 85.4 Å². The summed E-state index contributed by atoms with van der Waals surface area (Å²) in [5.74, 6) is -2.08. The van der Waals surface area contributed by atoms with Crippen LogP contribution in [0.1, 0.15) is 69.4 Å². The summed E-state index contributed by atoms with van der Waals surface area (Å²) in [5.41, 5.74) is 1.63. The van der Waals surface area contributed by atoms with E-state index >= 15 is 0 Å². The van der Waals surface area contributed by atoms with Crippen molar-refractivity contribution < 1.29 is 23.5 Å². The van der Waals surface area contributed by atoms with Crippen molar-refractivity contribution in [2.75, 3.05) is 13.1 Å². The molecular weight excluding hydrogens is 488 g/mol. The van der Waals surface area contributed by atoms with Gasteiger partial charge in [0.25, 0.3) is 0 Å². The number of aromatic amines is 1. The Labute approximate surface area is 222 Å². The molecule has 3 N–H and O–H groups in total. The minimum absolute atomic E-state index is 0.0656. The van der Waals surface area contributed by atoms with Gasteiger partial charge < -0.3 is 20.3 Å². The first-order valence-electron chi connectivity index (χ1n) is 13.5. The zero-order valence-corrected chi connectivity index (χ0v) is 22.1. The van der Waals surface area contributed by atoms with E-state index in [1.54, 1.807) is 4.90 Å². The van der Waals surface area contributed by atoms with E-state index in [1.165, 1.54) is 22.9 Å². The molecule has 2 fully saturated rings. The van der Waals surface area contributed by atoms with Gasteiger partial charge in [-0.25, -0.2) is 8.78 Å². The lowest BCUT2D eigenvalue weighted by atomic mass is 9.81. The number of carboxylic acid groups (broad SMARTS) is 1. The predicted molar refractivity (Wildman–Crippen MR) is 145 cm³/mol. The Morgan fingerprint density at radius 2 is 1.68 bits per heavy atom. The minimum Gasteiger partial charge on any atom is -0.480 e. The molecule has 1 atom stereocenters. The van der Waals surface area contributed by atoms with Crippen LogP contribution in [-0.4, -0.2) is 52.0 Å². The number of piperidine rings is 1. The smallest absolute Gasteiger partial charge is 0.320 e. The number of halogens is 2. The van der Waals surface area contributed by atoms with E-state index in [0.717, 1.165) is 49.2 Å². The van der Waals surface area contributed by atoms with Crippen LogP contribution < -0.4 is 15.9 Å². The summed E-state index contributed by atoms with van der Waals surface area (Å²) in [4.78, 5) is 29.8. The zero-order chi connectivity index (χ0) is 27.2. The zero-order valence-electron chi connectivity index (χ0n) is 22.1. The third-order valence-corrected chi connectivity index (χ3v) is 8.04. The molecule has 1 aliphatic heterocycles. The van der Waals surface area contributed by atoms with Crippen molar-refractivity contribution in [1.82, 2.24) is 15.2 Å². The second kappa shape index (κ2) is 12.5. The number of likely N-dealkylation sites (tertiary alicyclic amines) is 1. The summed E-state index contributed by atoms with van der Waals surface area (Å²) < 4.78 is 26.7. The van der Waals surface area contributed by atoms with Crippen molar-refractivity contribution in [2.24, 2.45) is 5.92 Å². The largest absolute Gasteiger partial charge is 0.480 e. The van der Waals surface area contributed by atoms with E-state index in [-0.39, 0.29) is 23.4 Å². The van der Waals surface area contributed by atoms with E-state index in [1.807, 2.05) is 6.92 Å². The van der Waals surface area contributed by atoms with Crippen molar-refractivity contribution in [3.63, 3.8) is 0 Å². The van der Waals surface area contributed by atoms with E-state index < -0.39 is 23.6 Å². The fourth-order valence-electron chi connectivity index (χ4n) is 6.00. The molecule has 1 aliphatic carbocycles. The van der Waals surface area contributed by atoms with Crippen molar-refractivity contribution in [1.29, 1.82) is 0 Å². The summed E-state index contributed by atoms with van der Waals surface area (Å²) in [6.07, 6.45) is 14.1. The second-order valence-corrected chi connectivity index (χ2v) is 10.4. The first-order chi connectivity index (χ1) is 18.3. The molecule has 0 radical (unpaired) electrons. The van der Waals surface area contributed by atoms with E-state index in [2.05, 4.69) is 35.6 Å². The molecule has 1 saturated heterocycles. The van der Waals surface area contributed by atoms with Crippen LogP contribution >= 0.6 is 0 Å².